The number of benzene rings is 2. The van der Waals surface area contributed by atoms with Crippen molar-refractivity contribution in [3.05, 3.63) is 58.6 Å². The van der Waals surface area contributed by atoms with Gasteiger partial charge in [-0.15, -0.1) is 0 Å². The average molecular weight is 305 g/mol. The van der Waals surface area contributed by atoms with Crippen molar-refractivity contribution in [2.75, 3.05) is 12.8 Å². The Hall–Kier alpha value is -2.20. The lowest BCUT2D eigenvalue weighted by molar-refractivity contribution is 0.0940. The van der Waals surface area contributed by atoms with Gasteiger partial charge < -0.3 is 15.8 Å². The van der Waals surface area contributed by atoms with Gasteiger partial charge in [-0.25, -0.2) is 0 Å². The Morgan fingerprint density at radius 1 is 1.24 bits per heavy atom. The van der Waals surface area contributed by atoms with Crippen LogP contribution in [0.2, 0.25) is 5.02 Å². The number of amides is 1. The van der Waals surface area contributed by atoms with E-state index in [4.69, 9.17) is 22.1 Å². The van der Waals surface area contributed by atoms with E-state index in [1.54, 1.807) is 30.3 Å². The lowest BCUT2D eigenvalue weighted by atomic mass is 10.1. The van der Waals surface area contributed by atoms with Crippen LogP contribution in [0.15, 0.2) is 42.5 Å². The van der Waals surface area contributed by atoms with Crippen LogP contribution < -0.4 is 15.8 Å². The fourth-order valence-corrected chi connectivity index (χ4v) is 2.16. The van der Waals surface area contributed by atoms with Gasteiger partial charge in [0.25, 0.3) is 5.91 Å². The Kier molecular flexibility index (Phi) is 4.70. The van der Waals surface area contributed by atoms with Gasteiger partial charge in [-0.2, -0.15) is 0 Å². The summed E-state index contributed by atoms with van der Waals surface area (Å²) in [6.07, 6.45) is 0. The number of nitrogen functional groups attached to an aromatic ring is 1. The first-order chi connectivity index (χ1) is 10.0. The third-order valence-electron chi connectivity index (χ3n) is 3.25. The maximum Gasteiger partial charge on any atom is 0.253 e. The number of ether oxygens (including phenoxy) is 1. The van der Waals surface area contributed by atoms with E-state index in [1.165, 1.54) is 7.11 Å². The number of para-hydroxylation sites is 1. The van der Waals surface area contributed by atoms with Crippen LogP contribution in [0.3, 0.4) is 0 Å². The molecule has 0 aliphatic heterocycles. The number of hydrogen-bond donors (Lipinski definition) is 2. The molecule has 5 heteroatoms. The molecule has 4 nitrogen and oxygen atoms in total. The highest BCUT2D eigenvalue weighted by atomic mass is 35.5. The van der Waals surface area contributed by atoms with Gasteiger partial charge in [0.15, 0.2) is 0 Å². The van der Waals surface area contributed by atoms with Crippen LogP contribution in [0.4, 0.5) is 5.69 Å². The first-order valence-corrected chi connectivity index (χ1v) is 6.89. The Balaban J connectivity index is 2.16. The minimum absolute atomic E-state index is 0.152. The van der Waals surface area contributed by atoms with Gasteiger partial charge in [0.1, 0.15) is 5.75 Å². The van der Waals surface area contributed by atoms with E-state index >= 15 is 0 Å². The predicted octanol–water partition coefficient (Wildman–Crippen LogP) is 3.42. The first kappa shape index (κ1) is 15.2. The molecular formula is C16H17ClN2O2. The standard InChI is InChI=1S/C16H17ClN2O2/c1-10(11-6-8-12(17)9-7-11)19-16(20)13-4-3-5-14(21-2)15(13)18/h3-10H,18H2,1-2H3,(H,19,20). The summed E-state index contributed by atoms with van der Waals surface area (Å²) in [5.41, 5.74) is 7.62. The van der Waals surface area contributed by atoms with Crippen molar-refractivity contribution < 1.29 is 9.53 Å². The van der Waals surface area contributed by atoms with E-state index in [2.05, 4.69) is 5.32 Å². The molecule has 2 aromatic rings. The van der Waals surface area contributed by atoms with Gasteiger partial charge in [-0.3, -0.25) is 4.79 Å². The zero-order valence-electron chi connectivity index (χ0n) is 11.9. The molecule has 1 unspecified atom stereocenters. The van der Waals surface area contributed by atoms with Gasteiger partial charge in [0.05, 0.1) is 24.4 Å². The van der Waals surface area contributed by atoms with Crippen LogP contribution in [0.5, 0.6) is 5.75 Å². The van der Waals surface area contributed by atoms with Gasteiger partial charge in [0, 0.05) is 5.02 Å². The third kappa shape index (κ3) is 3.47. The lowest BCUT2D eigenvalue weighted by Crippen LogP contribution is -2.27. The molecule has 3 N–H and O–H groups in total. The molecule has 0 aliphatic rings. The smallest absolute Gasteiger partial charge is 0.253 e. The predicted molar refractivity (Wildman–Crippen MR) is 84.7 cm³/mol. The van der Waals surface area contributed by atoms with Crippen molar-refractivity contribution >= 4 is 23.2 Å². The molecule has 0 radical (unpaired) electrons. The molecule has 0 fully saturated rings. The highest BCUT2D eigenvalue weighted by Crippen LogP contribution is 2.25. The van der Waals surface area contributed by atoms with E-state index < -0.39 is 0 Å². The van der Waals surface area contributed by atoms with Crippen molar-refractivity contribution in [3.63, 3.8) is 0 Å². The molecule has 0 heterocycles. The van der Waals surface area contributed by atoms with Gasteiger partial charge in [0.2, 0.25) is 0 Å². The van der Waals surface area contributed by atoms with E-state index in [0.717, 1.165) is 5.56 Å². The quantitative estimate of drug-likeness (QED) is 0.851. The molecular weight excluding hydrogens is 288 g/mol. The number of nitrogens with two attached hydrogens (primary N) is 1. The summed E-state index contributed by atoms with van der Waals surface area (Å²) >= 11 is 5.85. The Bertz CT molecular complexity index is 641. The average Bonchev–Trinajstić information content (AvgIpc) is 2.48. The summed E-state index contributed by atoms with van der Waals surface area (Å²) in [5, 5.41) is 3.57. The number of hydrogen-bond acceptors (Lipinski definition) is 3. The second-order valence-corrected chi connectivity index (χ2v) is 5.10. The van der Waals surface area contributed by atoms with E-state index in [9.17, 15) is 4.79 Å². The molecule has 0 spiro atoms. The van der Waals surface area contributed by atoms with Crippen LogP contribution in [-0.2, 0) is 0 Å². The number of halogens is 1. The first-order valence-electron chi connectivity index (χ1n) is 6.51. The van der Waals surface area contributed by atoms with Crippen LogP contribution in [-0.4, -0.2) is 13.0 Å². The number of carbonyl (C=O) groups excluding carboxylic acids is 1. The topological polar surface area (TPSA) is 64.3 Å². The van der Waals surface area contributed by atoms with Crippen LogP contribution in [0.25, 0.3) is 0 Å². The van der Waals surface area contributed by atoms with Gasteiger partial charge in [-0.05, 0) is 36.8 Å². The molecule has 21 heavy (non-hydrogen) atoms. The molecule has 0 aromatic heterocycles. The Morgan fingerprint density at radius 2 is 1.90 bits per heavy atom. The van der Waals surface area contributed by atoms with Crippen molar-refractivity contribution in [2.45, 2.75) is 13.0 Å². The highest BCUT2D eigenvalue weighted by molar-refractivity contribution is 6.30. The van der Waals surface area contributed by atoms with Gasteiger partial charge >= 0.3 is 0 Å². The molecule has 2 aromatic carbocycles. The normalized spacial score (nSPS) is 11.8. The molecule has 1 atom stereocenters. The maximum atomic E-state index is 12.3. The van der Waals surface area contributed by atoms with E-state index in [-0.39, 0.29) is 11.9 Å². The molecule has 0 aliphatic carbocycles. The zero-order valence-corrected chi connectivity index (χ0v) is 12.6. The van der Waals surface area contributed by atoms with E-state index in [0.29, 0.717) is 22.0 Å². The summed E-state index contributed by atoms with van der Waals surface area (Å²) in [4.78, 5) is 12.3. The van der Waals surface area contributed by atoms with Gasteiger partial charge in [-0.1, -0.05) is 29.8 Å². The molecule has 0 bridgehead atoms. The van der Waals surface area contributed by atoms with Crippen molar-refractivity contribution in [1.29, 1.82) is 0 Å². The SMILES string of the molecule is COc1cccc(C(=O)NC(C)c2ccc(Cl)cc2)c1N. The second-order valence-electron chi connectivity index (χ2n) is 4.67. The number of carbonyl (C=O) groups is 1. The third-order valence-corrected chi connectivity index (χ3v) is 3.50. The molecule has 1 amide bonds. The monoisotopic (exact) mass is 304 g/mol. The number of methoxy groups -OCH3 is 1. The fourth-order valence-electron chi connectivity index (χ4n) is 2.03. The number of nitrogens with one attached hydrogen (secondary N) is 1. The molecule has 0 saturated heterocycles. The summed E-state index contributed by atoms with van der Waals surface area (Å²) in [7, 11) is 1.52. The Labute approximate surface area is 128 Å². The summed E-state index contributed by atoms with van der Waals surface area (Å²) < 4.78 is 5.12. The van der Waals surface area contributed by atoms with Crippen LogP contribution >= 0.6 is 11.6 Å². The molecule has 110 valence electrons. The minimum Gasteiger partial charge on any atom is -0.495 e. The Morgan fingerprint density at radius 3 is 2.52 bits per heavy atom. The summed E-state index contributed by atoms with van der Waals surface area (Å²) in [6, 6.07) is 12.3. The number of anilines is 1. The largest absolute Gasteiger partial charge is 0.495 e. The minimum atomic E-state index is -0.242. The maximum absolute atomic E-state index is 12.3. The van der Waals surface area contributed by atoms with Crippen LogP contribution in [0, 0.1) is 0 Å². The summed E-state index contributed by atoms with van der Waals surface area (Å²) in [6.45, 7) is 1.90. The fraction of sp³-hybridized carbons (Fsp3) is 0.188. The van der Waals surface area contributed by atoms with Crippen molar-refractivity contribution in [3.8, 4) is 5.75 Å². The molecule has 2 rings (SSSR count). The second kappa shape index (κ2) is 6.50. The zero-order chi connectivity index (χ0) is 15.4. The summed E-state index contributed by atoms with van der Waals surface area (Å²) in [5.74, 6) is 0.246. The molecule has 0 saturated carbocycles. The lowest BCUT2D eigenvalue weighted by Gasteiger charge is -2.16. The van der Waals surface area contributed by atoms with Crippen molar-refractivity contribution in [2.24, 2.45) is 0 Å². The van der Waals surface area contributed by atoms with Crippen LogP contribution in [0.1, 0.15) is 28.9 Å². The number of rotatable bonds is 4. The highest BCUT2D eigenvalue weighted by Gasteiger charge is 2.15. The van der Waals surface area contributed by atoms with E-state index in [1.807, 2.05) is 19.1 Å². The van der Waals surface area contributed by atoms with Crippen molar-refractivity contribution in [1.82, 2.24) is 5.32 Å².